The van der Waals surface area contributed by atoms with Crippen LogP contribution in [0.4, 0.5) is 0 Å². The second-order valence-electron chi connectivity index (χ2n) is 8.87. The van der Waals surface area contributed by atoms with Crippen molar-refractivity contribution in [2.45, 2.75) is 142 Å². The maximum atomic E-state index is 10.7. The number of carboxylic acid groups (broad SMARTS) is 3. The molecule has 0 radical (unpaired) electrons. The fraction of sp³-hybridized carbons (Fsp3) is 0.885. The minimum Gasteiger partial charge on any atom is -1.00 e. The molecule has 8 heteroatoms. The van der Waals surface area contributed by atoms with Crippen LogP contribution >= 0.6 is 0 Å². The van der Waals surface area contributed by atoms with Crippen LogP contribution < -0.4 is 34.9 Å². The van der Waals surface area contributed by atoms with Gasteiger partial charge in [0.25, 0.3) is 0 Å². The van der Waals surface area contributed by atoms with Gasteiger partial charge in [-0.3, -0.25) is 14.4 Å². The van der Waals surface area contributed by atoms with Gasteiger partial charge in [-0.05, 0) is 25.8 Å². The first-order valence-electron chi connectivity index (χ1n) is 13.2. The molecule has 7 nitrogen and oxygen atoms in total. The van der Waals surface area contributed by atoms with Crippen LogP contribution in [0.15, 0.2) is 0 Å². The van der Waals surface area contributed by atoms with Crippen LogP contribution in [-0.2, 0) is 14.4 Å². The Kier molecular flexibility index (Phi) is 33.9. The predicted molar refractivity (Wildman–Crippen MR) is 135 cm³/mol. The molecule has 0 bridgehead atoms. The summed E-state index contributed by atoms with van der Waals surface area (Å²) in [6.45, 7) is 4.96. The molecule has 4 N–H and O–H groups in total. The quantitative estimate of drug-likeness (QED) is 0.125. The zero-order valence-corrected chi connectivity index (χ0v) is 24.3. The Labute approximate surface area is 231 Å². The Hall–Kier alpha value is -0.630. The van der Waals surface area contributed by atoms with Crippen molar-refractivity contribution in [2.24, 2.45) is 0 Å². The van der Waals surface area contributed by atoms with E-state index < -0.39 is 23.9 Å². The fourth-order valence-electron chi connectivity index (χ4n) is 3.53. The zero-order chi connectivity index (χ0) is 25.2. The first-order valence-corrected chi connectivity index (χ1v) is 13.2. The molecule has 0 saturated carbocycles. The van der Waals surface area contributed by atoms with Gasteiger partial charge in [0, 0.05) is 12.8 Å². The van der Waals surface area contributed by atoms with E-state index in [1.807, 2.05) is 0 Å². The summed E-state index contributed by atoms with van der Waals surface area (Å²) in [6, 6.07) is -0.738. The molecule has 0 aliphatic heterocycles. The molecule has 0 fully saturated rings. The molecular weight excluding hydrogens is 445 g/mol. The molecule has 34 heavy (non-hydrogen) atoms. The molecule has 0 aromatic heterocycles. The second-order valence-corrected chi connectivity index (χ2v) is 8.87. The van der Waals surface area contributed by atoms with Crippen molar-refractivity contribution in [3.63, 3.8) is 0 Å². The molecular formula is C26H52NNaO6. The summed E-state index contributed by atoms with van der Waals surface area (Å²) in [6.07, 6.45) is 20.3. The normalized spacial score (nSPS) is 11.1. The number of hydrogen-bond acceptors (Lipinski definition) is 4. The molecule has 0 aliphatic rings. The van der Waals surface area contributed by atoms with Gasteiger partial charge in [-0.2, -0.15) is 0 Å². The third-order valence-electron chi connectivity index (χ3n) is 5.61. The van der Waals surface area contributed by atoms with Crippen LogP contribution in [0.25, 0.3) is 0 Å². The molecule has 0 aromatic carbocycles. The minimum atomic E-state index is -0.979. The van der Waals surface area contributed by atoms with Crippen LogP contribution in [-0.4, -0.2) is 45.8 Å². The van der Waals surface area contributed by atoms with Crippen molar-refractivity contribution in [2.75, 3.05) is 6.54 Å². The van der Waals surface area contributed by atoms with Gasteiger partial charge < -0.3 is 22.1 Å². The van der Waals surface area contributed by atoms with Gasteiger partial charge in [0.2, 0.25) is 0 Å². The molecule has 0 rings (SSSR count). The van der Waals surface area contributed by atoms with Crippen LogP contribution in [0.5, 0.6) is 0 Å². The molecule has 0 aliphatic carbocycles. The van der Waals surface area contributed by atoms with E-state index in [0.717, 1.165) is 32.1 Å². The van der Waals surface area contributed by atoms with Gasteiger partial charge in [-0.1, -0.05) is 104 Å². The van der Waals surface area contributed by atoms with Crippen molar-refractivity contribution >= 4 is 17.9 Å². The maximum absolute atomic E-state index is 10.7. The average molecular weight is 498 g/mol. The Morgan fingerprint density at radius 2 is 1.00 bits per heavy atom. The third-order valence-corrected chi connectivity index (χ3v) is 5.61. The Balaban J connectivity index is -0.000000263. The zero-order valence-electron chi connectivity index (χ0n) is 23.3. The monoisotopic (exact) mass is 497 g/mol. The van der Waals surface area contributed by atoms with Gasteiger partial charge in [-0.25, -0.2) is 0 Å². The number of carbonyl (C=O) groups is 3. The SMILES string of the molecule is CCCCCCCCCCCCCCCC(=O)O.CCCCCNC(CCC(=O)O)C(=O)O.[H-].[Na+]. The summed E-state index contributed by atoms with van der Waals surface area (Å²) in [4.78, 5) is 31.3. The Morgan fingerprint density at radius 1 is 0.618 bits per heavy atom. The molecule has 0 amide bonds. The standard InChI is InChI=1S/C16H32O2.C10H19NO4.Na.H/c1-2-3-4-5-6-7-8-9-10-11-12-13-14-15-16(17)18;1-2-3-4-7-11-8(10(14)15)5-6-9(12)13;;/h2-15H2,1H3,(H,17,18);8,11H,2-7H2,1H3,(H,12,13)(H,14,15);;/q;;+1;-1. The van der Waals surface area contributed by atoms with Gasteiger partial charge >= 0.3 is 47.5 Å². The summed E-state index contributed by atoms with van der Waals surface area (Å²) in [7, 11) is 0. The van der Waals surface area contributed by atoms with E-state index in [9.17, 15) is 14.4 Å². The van der Waals surface area contributed by atoms with E-state index in [1.54, 1.807) is 0 Å². The first kappa shape index (κ1) is 37.9. The third kappa shape index (κ3) is 33.5. The van der Waals surface area contributed by atoms with E-state index in [0.29, 0.717) is 13.0 Å². The maximum Gasteiger partial charge on any atom is 1.00 e. The van der Waals surface area contributed by atoms with Crippen molar-refractivity contribution in [3.8, 4) is 0 Å². The number of hydrogen-bond donors (Lipinski definition) is 4. The number of unbranched alkanes of at least 4 members (excludes halogenated alkanes) is 14. The smallest absolute Gasteiger partial charge is 1.00 e. The summed E-state index contributed by atoms with van der Waals surface area (Å²) in [5, 5.41) is 28.6. The number of aliphatic carboxylic acids is 3. The van der Waals surface area contributed by atoms with E-state index in [-0.39, 0.29) is 43.8 Å². The van der Waals surface area contributed by atoms with Gasteiger partial charge in [0.15, 0.2) is 0 Å². The van der Waals surface area contributed by atoms with Crippen LogP contribution in [0.2, 0.25) is 0 Å². The molecule has 198 valence electrons. The van der Waals surface area contributed by atoms with Crippen molar-refractivity contribution < 1.29 is 60.7 Å². The summed E-state index contributed by atoms with van der Waals surface area (Å²) in [5.41, 5.74) is 0. The topological polar surface area (TPSA) is 124 Å². The van der Waals surface area contributed by atoms with E-state index in [1.165, 1.54) is 70.6 Å². The van der Waals surface area contributed by atoms with Crippen molar-refractivity contribution in [1.82, 2.24) is 5.32 Å². The minimum absolute atomic E-state index is 0. The van der Waals surface area contributed by atoms with Gasteiger partial charge in [-0.15, -0.1) is 0 Å². The Bertz CT molecular complexity index is 483. The van der Waals surface area contributed by atoms with Gasteiger partial charge in [0.1, 0.15) is 6.04 Å². The number of nitrogens with one attached hydrogen (secondary N) is 1. The van der Waals surface area contributed by atoms with Crippen molar-refractivity contribution in [1.29, 1.82) is 0 Å². The van der Waals surface area contributed by atoms with Gasteiger partial charge in [0.05, 0.1) is 0 Å². The van der Waals surface area contributed by atoms with E-state index in [2.05, 4.69) is 19.2 Å². The predicted octanol–water partition coefficient (Wildman–Crippen LogP) is 3.75. The van der Waals surface area contributed by atoms with E-state index >= 15 is 0 Å². The molecule has 0 heterocycles. The fourth-order valence-corrected chi connectivity index (χ4v) is 3.53. The van der Waals surface area contributed by atoms with Crippen molar-refractivity contribution in [3.05, 3.63) is 0 Å². The number of rotatable bonds is 23. The molecule has 0 saturated heterocycles. The van der Waals surface area contributed by atoms with E-state index in [4.69, 9.17) is 15.3 Å². The molecule has 0 aromatic rings. The average Bonchev–Trinajstić information content (AvgIpc) is 2.76. The summed E-state index contributed by atoms with van der Waals surface area (Å²) >= 11 is 0. The molecule has 1 atom stereocenters. The number of carboxylic acids is 3. The second kappa shape index (κ2) is 30.4. The Morgan fingerprint density at radius 3 is 1.38 bits per heavy atom. The molecule has 1 unspecified atom stereocenters. The summed E-state index contributed by atoms with van der Waals surface area (Å²) in [5.74, 6) is -2.59. The van der Waals surface area contributed by atoms with Crippen LogP contribution in [0.1, 0.15) is 137 Å². The van der Waals surface area contributed by atoms with Crippen LogP contribution in [0, 0.1) is 0 Å². The first-order chi connectivity index (χ1) is 15.8. The largest absolute Gasteiger partial charge is 1.00 e. The van der Waals surface area contributed by atoms with Crippen LogP contribution in [0.3, 0.4) is 0 Å². The molecule has 0 spiro atoms. The summed E-state index contributed by atoms with van der Waals surface area (Å²) < 4.78 is 0.